The Kier molecular flexibility index (Phi) is 6.18. The van der Waals surface area contributed by atoms with Crippen molar-refractivity contribution >= 4 is 34.2 Å². The van der Waals surface area contributed by atoms with Gasteiger partial charge < -0.3 is 10.4 Å². The summed E-state index contributed by atoms with van der Waals surface area (Å²) in [6.45, 7) is 1.23. The number of halogens is 4. The molecule has 1 aromatic carbocycles. The Hall–Kier alpha value is -2.53. The Morgan fingerprint density at radius 2 is 1.93 bits per heavy atom. The van der Waals surface area contributed by atoms with Crippen LogP contribution in [-0.4, -0.2) is 21.0 Å². The smallest absolute Gasteiger partial charge is 0.392 e. The molecule has 29 heavy (non-hydrogen) atoms. The van der Waals surface area contributed by atoms with Crippen LogP contribution in [0.1, 0.15) is 27.3 Å². The zero-order valence-corrected chi connectivity index (χ0v) is 17.2. The van der Waals surface area contributed by atoms with Crippen LogP contribution in [0.4, 0.5) is 18.9 Å². The number of nitrogens with zero attached hydrogens (tertiary/aromatic N) is 2. The molecule has 0 radical (unpaired) electrons. The highest BCUT2D eigenvalue weighted by Gasteiger charge is 2.33. The number of rotatable bonds is 4. The highest BCUT2D eigenvalue weighted by atomic mass is 127. The number of alkyl halides is 3. The molecule has 2 N–H and O–H groups in total. The van der Waals surface area contributed by atoms with Crippen LogP contribution in [0.15, 0.2) is 48.7 Å². The number of aromatic nitrogens is 2. The number of amides is 1. The van der Waals surface area contributed by atoms with Crippen molar-refractivity contribution in [3.05, 3.63) is 74.7 Å². The van der Waals surface area contributed by atoms with Gasteiger partial charge in [0, 0.05) is 21.0 Å². The van der Waals surface area contributed by atoms with Crippen LogP contribution in [-0.2, 0) is 12.8 Å². The maximum atomic E-state index is 12.8. The van der Waals surface area contributed by atoms with Gasteiger partial charge in [-0.05, 0) is 77.5 Å². The van der Waals surface area contributed by atoms with Crippen molar-refractivity contribution in [2.75, 3.05) is 5.32 Å². The molecule has 3 aromatic rings. The maximum absolute atomic E-state index is 12.8. The van der Waals surface area contributed by atoms with E-state index in [9.17, 15) is 23.1 Å². The van der Waals surface area contributed by atoms with E-state index in [0.717, 1.165) is 21.3 Å². The molecule has 0 atom stereocenters. The SMILES string of the molecule is Cc1nc(C(F)(F)F)ccc1C(=O)Nc1ccc(I)c(-c2cc(CO)ccn2)c1. The second-order valence-electron chi connectivity index (χ2n) is 6.18. The summed E-state index contributed by atoms with van der Waals surface area (Å²) in [5, 5.41) is 12.0. The number of pyridine rings is 2. The van der Waals surface area contributed by atoms with E-state index in [1.807, 2.05) is 0 Å². The molecule has 2 heterocycles. The third-order valence-corrected chi connectivity index (χ3v) is 5.07. The van der Waals surface area contributed by atoms with Gasteiger partial charge in [-0.1, -0.05) is 0 Å². The first-order valence-electron chi connectivity index (χ1n) is 8.41. The van der Waals surface area contributed by atoms with Gasteiger partial charge in [0.25, 0.3) is 5.91 Å². The molecule has 1 amide bonds. The predicted octanol–water partition coefficient (Wildman–Crippen LogP) is 4.82. The van der Waals surface area contributed by atoms with E-state index >= 15 is 0 Å². The summed E-state index contributed by atoms with van der Waals surface area (Å²) in [7, 11) is 0. The summed E-state index contributed by atoms with van der Waals surface area (Å²) >= 11 is 2.13. The highest BCUT2D eigenvalue weighted by Crippen LogP contribution is 2.29. The van der Waals surface area contributed by atoms with E-state index in [4.69, 9.17) is 0 Å². The lowest BCUT2D eigenvalue weighted by molar-refractivity contribution is -0.141. The summed E-state index contributed by atoms with van der Waals surface area (Å²) in [5.74, 6) is -0.562. The van der Waals surface area contributed by atoms with Crippen molar-refractivity contribution in [1.29, 1.82) is 0 Å². The zero-order chi connectivity index (χ0) is 21.2. The van der Waals surface area contributed by atoms with Crippen LogP contribution in [0.3, 0.4) is 0 Å². The number of anilines is 1. The topological polar surface area (TPSA) is 75.1 Å². The molecule has 0 aliphatic rings. The molecule has 0 unspecified atom stereocenters. The first-order valence-corrected chi connectivity index (χ1v) is 9.49. The first-order chi connectivity index (χ1) is 13.7. The van der Waals surface area contributed by atoms with Crippen molar-refractivity contribution in [3.8, 4) is 11.3 Å². The molecule has 150 valence electrons. The highest BCUT2D eigenvalue weighted by molar-refractivity contribution is 14.1. The quantitative estimate of drug-likeness (QED) is 0.491. The van der Waals surface area contributed by atoms with Crippen molar-refractivity contribution < 1.29 is 23.1 Å². The predicted molar refractivity (Wildman–Crippen MR) is 110 cm³/mol. The van der Waals surface area contributed by atoms with E-state index in [1.54, 1.807) is 36.5 Å². The number of aryl methyl sites for hydroxylation is 1. The molecule has 9 heteroatoms. The molecule has 2 aromatic heterocycles. The van der Waals surface area contributed by atoms with Gasteiger partial charge in [0.05, 0.1) is 23.6 Å². The van der Waals surface area contributed by atoms with E-state index in [2.05, 4.69) is 37.9 Å². The van der Waals surface area contributed by atoms with Gasteiger partial charge in [-0.3, -0.25) is 9.78 Å². The van der Waals surface area contributed by atoms with Gasteiger partial charge in [0.1, 0.15) is 5.69 Å². The number of hydrogen-bond donors (Lipinski definition) is 2. The van der Waals surface area contributed by atoms with Gasteiger partial charge in [-0.2, -0.15) is 13.2 Å². The van der Waals surface area contributed by atoms with Crippen LogP contribution < -0.4 is 5.32 Å². The minimum atomic E-state index is -4.57. The van der Waals surface area contributed by atoms with E-state index < -0.39 is 17.8 Å². The van der Waals surface area contributed by atoms with Gasteiger partial charge >= 0.3 is 6.18 Å². The van der Waals surface area contributed by atoms with Crippen LogP contribution in [0.25, 0.3) is 11.3 Å². The Morgan fingerprint density at radius 3 is 2.59 bits per heavy atom. The summed E-state index contributed by atoms with van der Waals surface area (Å²) < 4.78 is 39.2. The van der Waals surface area contributed by atoms with Crippen LogP contribution in [0.2, 0.25) is 0 Å². The fraction of sp³-hybridized carbons (Fsp3) is 0.150. The summed E-state index contributed by atoms with van der Waals surface area (Å²) in [4.78, 5) is 20.3. The number of aliphatic hydroxyl groups excluding tert-OH is 1. The lowest BCUT2D eigenvalue weighted by Gasteiger charge is -2.12. The van der Waals surface area contributed by atoms with Crippen molar-refractivity contribution in [1.82, 2.24) is 9.97 Å². The molecule has 0 aliphatic heterocycles. The fourth-order valence-corrected chi connectivity index (χ4v) is 3.29. The van der Waals surface area contributed by atoms with Crippen LogP contribution >= 0.6 is 22.6 Å². The monoisotopic (exact) mass is 513 g/mol. The zero-order valence-electron chi connectivity index (χ0n) is 15.1. The summed E-state index contributed by atoms with van der Waals surface area (Å²) in [6, 6.07) is 10.5. The van der Waals surface area contributed by atoms with E-state index in [0.29, 0.717) is 16.9 Å². The van der Waals surface area contributed by atoms with Crippen LogP contribution in [0.5, 0.6) is 0 Å². The molecule has 0 spiro atoms. The molecule has 0 saturated carbocycles. The molecular weight excluding hydrogens is 498 g/mol. The van der Waals surface area contributed by atoms with E-state index in [-0.39, 0.29) is 17.9 Å². The van der Waals surface area contributed by atoms with Gasteiger partial charge in [-0.15, -0.1) is 0 Å². The minimum absolute atomic E-state index is 0.0135. The summed E-state index contributed by atoms with van der Waals surface area (Å²) in [5.41, 5.74) is 1.54. The van der Waals surface area contributed by atoms with Gasteiger partial charge in [-0.25, -0.2) is 4.98 Å². The average Bonchev–Trinajstić information content (AvgIpc) is 2.68. The normalized spacial score (nSPS) is 11.4. The standard InChI is InChI=1S/C20H15F3IN3O2/c1-11-14(3-5-18(26-11)20(21,22)23)19(29)27-13-2-4-16(24)15(9-13)17-8-12(10-28)6-7-25-17/h2-9,28H,10H2,1H3,(H,27,29). The number of carbonyl (C=O) groups excluding carboxylic acids is 1. The molecule has 0 fully saturated rings. The van der Waals surface area contributed by atoms with Crippen molar-refractivity contribution in [2.24, 2.45) is 0 Å². The average molecular weight is 513 g/mol. The molecule has 0 bridgehead atoms. The van der Waals surface area contributed by atoms with E-state index in [1.165, 1.54) is 6.92 Å². The Morgan fingerprint density at radius 1 is 1.17 bits per heavy atom. The van der Waals surface area contributed by atoms with Gasteiger partial charge in [0.2, 0.25) is 0 Å². The number of benzene rings is 1. The minimum Gasteiger partial charge on any atom is -0.392 e. The molecule has 0 aliphatic carbocycles. The van der Waals surface area contributed by atoms with Crippen molar-refractivity contribution in [3.63, 3.8) is 0 Å². The second-order valence-corrected chi connectivity index (χ2v) is 7.35. The number of hydrogen-bond acceptors (Lipinski definition) is 4. The molecule has 5 nitrogen and oxygen atoms in total. The number of aliphatic hydroxyl groups is 1. The maximum Gasteiger partial charge on any atom is 0.433 e. The number of nitrogens with one attached hydrogen (secondary N) is 1. The molecule has 3 rings (SSSR count). The Labute approximate surface area is 178 Å². The number of carbonyl (C=O) groups is 1. The van der Waals surface area contributed by atoms with Crippen LogP contribution in [0, 0.1) is 10.5 Å². The lowest BCUT2D eigenvalue weighted by atomic mass is 10.1. The Balaban J connectivity index is 1.88. The Bertz CT molecular complexity index is 1070. The third kappa shape index (κ3) is 4.91. The largest absolute Gasteiger partial charge is 0.433 e. The molecular formula is C20H15F3IN3O2. The third-order valence-electron chi connectivity index (χ3n) is 4.13. The van der Waals surface area contributed by atoms with Crippen molar-refractivity contribution in [2.45, 2.75) is 19.7 Å². The fourth-order valence-electron chi connectivity index (χ4n) is 2.68. The summed E-state index contributed by atoms with van der Waals surface area (Å²) in [6.07, 6.45) is -2.99. The first kappa shape index (κ1) is 21.2. The van der Waals surface area contributed by atoms with Gasteiger partial charge in [0.15, 0.2) is 0 Å². The molecule has 0 saturated heterocycles. The second kappa shape index (κ2) is 8.46. The lowest BCUT2D eigenvalue weighted by Crippen LogP contribution is -2.16.